The van der Waals surface area contributed by atoms with E-state index in [4.69, 9.17) is 23.2 Å². The summed E-state index contributed by atoms with van der Waals surface area (Å²) in [6, 6.07) is 3.57. The zero-order chi connectivity index (χ0) is 12.4. The van der Waals surface area contributed by atoms with E-state index in [0.29, 0.717) is 15.1 Å². The van der Waals surface area contributed by atoms with Gasteiger partial charge in [0.25, 0.3) is 0 Å². The zero-order valence-electron chi connectivity index (χ0n) is 9.23. The molecule has 0 saturated heterocycles. The van der Waals surface area contributed by atoms with Crippen LogP contribution in [-0.4, -0.2) is 14.9 Å². The van der Waals surface area contributed by atoms with Crippen molar-refractivity contribution in [2.24, 2.45) is 0 Å². The normalized spacial score (nSPS) is 12.9. The Morgan fingerprint density at radius 1 is 1.47 bits per heavy atom. The maximum absolute atomic E-state index is 10.3. The molecule has 0 radical (unpaired) electrons. The third-order valence-electron chi connectivity index (χ3n) is 2.39. The van der Waals surface area contributed by atoms with Gasteiger partial charge in [-0.05, 0) is 18.6 Å². The summed E-state index contributed by atoms with van der Waals surface area (Å²) in [7, 11) is 0. The average molecular weight is 291 g/mol. The van der Waals surface area contributed by atoms with Crippen LogP contribution in [0.5, 0.6) is 0 Å². The van der Waals surface area contributed by atoms with Crippen molar-refractivity contribution in [3.63, 3.8) is 0 Å². The Morgan fingerprint density at radius 3 is 2.82 bits per heavy atom. The summed E-state index contributed by atoms with van der Waals surface area (Å²) in [5, 5.41) is 14.9. The van der Waals surface area contributed by atoms with Gasteiger partial charge in [-0.2, -0.15) is 5.10 Å². The molecule has 1 unspecified atom stereocenters. The Kier molecular flexibility index (Phi) is 4.09. The van der Waals surface area contributed by atoms with Crippen LogP contribution in [0.25, 0.3) is 0 Å². The summed E-state index contributed by atoms with van der Waals surface area (Å²) in [5.74, 6) is 0. The second-order valence-electron chi connectivity index (χ2n) is 3.65. The smallest absolute Gasteiger partial charge is 0.131 e. The molecule has 0 aliphatic carbocycles. The molecule has 0 amide bonds. The topological polar surface area (TPSA) is 38.0 Å². The number of aliphatic hydroxyl groups excluding tert-OH is 1. The molecule has 6 heteroatoms. The van der Waals surface area contributed by atoms with E-state index in [1.165, 1.54) is 11.3 Å². The predicted octanol–water partition coefficient (Wildman–Crippen LogP) is 3.74. The monoisotopic (exact) mass is 290 g/mol. The third kappa shape index (κ3) is 2.65. The Balaban J connectivity index is 2.35. The summed E-state index contributed by atoms with van der Waals surface area (Å²) >= 11 is 13.3. The van der Waals surface area contributed by atoms with Crippen LogP contribution in [0.15, 0.2) is 18.3 Å². The first kappa shape index (κ1) is 12.9. The molecule has 0 aliphatic rings. The van der Waals surface area contributed by atoms with Gasteiger partial charge in [0.05, 0.1) is 21.2 Å². The molecular weight excluding hydrogens is 279 g/mol. The van der Waals surface area contributed by atoms with Gasteiger partial charge >= 0.3 is 0 Å². The molecular formula is C11H12Cl2N2OS. The van der Waals surface area contributed by atoms with Gasteiger partial charge < -0.3 is 5.11 Å². The molecule has 3 nitrogen and oxygen atoms in total. The van der Waals surface area contributed by atoms with E-state index in [1.54, 1.807) is 23.0 Å². The lowest BCUT2D eigenvalue weighted by Crippen LogP contribution is -2.09. The van der Waals surface area contributed by atoms with E-state index in [2.05, 4.69) is 5.10 Å². The van der Waals surface area contributed by atoms with Crippen LogP contribution in [0.3, 0.4) is 0 Å². The number of halogens is 2. The highest BCUT2D eigenvalue weighted by atomic mass is 35.5. The lowest BCUT2D eigenvalue weighted by Gasteiger charge is -2.12. The standard InChI is InChI=1S/C11H12Cl2N2OS/c1-2-5-15-10(7(12)6-14-15)11(16)8-3-4-9(13)17-8/h3-4,6,11,16H,2,5H2,1H3. The first-order valence-electron chi connectivity index (χ1n) is 5.28. The largest absolute Gasteiger partial charge is 0.381 e. The number of aryl methyl sites for hydroxylation is 1. The average Bonchev–Trinajstić information content (AvgIpc) is 2.86. The minimum Gasteiger partial charge on any atom is -0.381 e. The first-order chi connectivity index (χ1) is 8.13. The fourth-order valence-electron chi connectivity index (χ4n) is 1.64. The molecule has 0 spiro atoms. The van der Waals surface area contributed by atoms with E-state index in [1.807, 2.05) is 6.92 Å². The molecule has 2 rings (SSSR count). The van der Waals surface area contributed by atoms with Crippen molar-refractivity contribution in [2.45, 2.75) is 26.0 Å². The van der Waals surface area contributed by atoms with Crippen molar-refractivity contribution in [2.75, 3.05) is 0 Å². The second kappa shape index (κ2) is 5.40. The lowest BCUT2D eigenvalue weighted by molar-refractivity contribution is 0.211. The molecule has 0 aliphatic heterocycles. The van der Waals surface area contributed by atoms with Gasteiger partial charge in [0.1, 0.15) is 6.10 Å². The van der Waals surface area contributed by atoms with E-state index < -0.39 is 6.10 Å². The molecule has 1 N–H and O–H groups in total. The molecule has 0 bridgehead atoms. The molecule has 17 heavy (non-hydrogen) atoms. The van der Waals surface area contributed by atoms with Crippen LogP contribution >= 0.6 is 34.5 Å². The maximum atomic E-state index is 10.3. The van der Waals surface area contributed by atoms with Crippen molar-refractivity contribution in [3.05, 3.63) is 38.3 Å². The number of hydrogen-bond donors (Lipinski definition) is 1. The maximum Gasteiger partial charge on any atom is 0.131 e. The lowest BCUT2D eigenvalue weighted by atomic mass is 10.2. The van der Waals surface area contributed by atoms with Crippen LogP contribution in [-0.2, 0) is 6.54 Å². The molecule has 2 aromatic heterocycles. The van der Waals surface area contributed by atoms with Crippen LogP contribution < -0.4 is 0 Å². The zero-order valence-corrected chi connectivity index (χ0v) is 11.6. The van der Waals surface area contributed by atoms with Crippen molar-refractivity contribution >= 4 is 34.5 Å². The summed E-state index contributed by atoms with van der Waals surface area (Å²) in [4.78, 5) is 0.773. The molecule has 2 heterocycles. The van der Waals surface area contributed by atoms with Crippen molar-refractivity contribution in [1.29, 1.82) is 0 Å². The predicted molar refractivity (Wildman–Crippen MR) is 70.9 cm³/mol. The molecule has 2 aromatic rings. The van der Waals surface area contributed by atoms with Gasteiger partial charge in [-0.25, -0.2) is 0 Å². The summed E-state index contributed by atoms with van der Waals surface area (Å²) in [6.45, 7) is 2.78. The fourth-order valence-corrected chi connectivity index (χ4v) is 2.94. The van der Waals surface area contributed by atoms with E-state index >= 15 is 0 Å². The number of aliphatic hydroxyl groups is 1. The van der Waals surface area contributed by atoms with Crippen molar-refractivity contribution in [3.8, 4) is 0 Å². The highest BCUT2D eigenvalue weighted by Gasteiger charge is 2.21. The SMILES string of the molecule is CCCn1ncc(Cl)c1C(O)c1ccc(Cl)s1. The molecule has 0 fully saturated rings. The molecule has 0 saturated carbocycles. The molecule has 0 aromatic carbocycles. The molecule has 1 atom stereocenters. The minimum atomic E-state index is -0.769. The minimum absolute atomic E-state index is 0.482. The number of nitrogens with zero attached hydrogens (tertiary/aromatic N) is 2. The Morgan fingerprint density at radius 2 is 2.24 bits per heavy atom. The van der Waals surface area contributed by atoms with Crippen LogP contribution in [0, 0.1) is 0 Å². The quantitative estimate of drug-likeness (QED) is 0.931. The summed E-state index contributed by atoms with van der Waals surface area (Å²) in [5.41, 5.74) is 0.632. The first-order valence-corrected chi connectivity index (χ1v) is 6.85. The second-order valence-corrected chi connectivity index (χ2v) is 5.80. The van der Waals surface area contributed by atoms with E-state index in [9.17, 15) is 5.11 Å². The highest BCUT2D eigenvalue weighted by molar-refractivity contribution is 7.16. The van der Waals surface area contributed by atoms with Gasteiger partial charge in [0.2, 0.25) is 0 Å². The van der Waals surface area contributed by atoms with Crippen LogP contribution in [0.2, 0.25) is 9.36 Å². The number of rotatable bonds is 4. The van der Waals surface area contributed by atoms with Gasteiger partial charge in [-0.1, -0.05) is 30.1 Å². The Labute approximate surface area is 114 Å². The van der Waals surface area contributed by atoms with Gasteiger partial charge in [0.15, 0.2) is 0 Å². The number of aromatic nitrogens is 2. The third-order valence-corrected chi connectivity index (χ3v) is 3.97. The number of hydrogen-bond acceptors (Lipinski definition) is 3. The Hall–Kier alpha value is -0.550. The van der Waals surface area contributed by atoms with Crippen LogP contribution in [0.1, 0.15) is 30.0 Å². The molecule has 92 valence electrons. The Bertz CT molecular complexity index is 509. The van der Waals surface area contributed by atoms with Crippen LogP contribution in [0.4, 0.5) is 0 Å². The van der Waals surface area contributed by atoms with Crippen molar-refractivity contribution in [1.82, 2.24) is 9.78 Å². The van der Waals surface area contributed by atoms with E-state index in [-0.39, 0.29) is 0 Å². The van der Waals surface area contributed by atoms with Gasteiger partial charge in [-0.15, -0.1) is 11.3 Å². The summed E-state index contributed by atoms with van der Waals surface area (Å²) in [6.07, 6.45) is 1.72. The van der Waals surface area contributed by atoms with Crippen molar-refractivity contribution < 1.29 is 5.11 Å². The highest BCUT2D eigenvalue weighted by Crippen LogP contribution is 2.33. The summed E-state index contributed by atoms with van der Waals surface area (Å²) < 4.78 is 2.39. The fraction of sp³-hybridized carbons (Fsp3) is 0.364. The number of thiophene rings is 1. The van der Waals surface area contributed by atoms with Gasteiger partial charge in [0, 0.05) is 11.4 Å². The van der Waals surface area contributed by atoms with E-state index in [0.717, 1.165) is 17.8 Å². The van der Waals surface area contributed by atoms with Gasteiger partial charge in [-0.3, -0.25) is 4.68 Å².